The average Bonchev–Trinajstić information content (AvgIpc) is 2.73. The zero-order chi connectivity index (χ0) is 20.4. The van der Waals surface area contributed by atoms with E-state index >= 15 is 0 Å². The Kier molecular flexibility index (Phi) is 5.92. The molecule has 0 unspecified atom stereocenters. The van der Waals surface area contributed by atoms with E-state index in [1.54, 1.807) is 19.2 Å². The fourth-order valence-electron chi connectivity index (χ4n) is 4.15. The highest BCUT2D eigenvalue weighted by atomic mass is 35.5. The summed E-state index contributed by atoms with van der Waals surface area (Å²) in [6.07, 6.45) is 0.655. The number of halogens is 2. The second kappa shape index (κ2) is 8.59. The first kappa shape index (κ1) is 20.0. The van der Waals surface area contributed by atoms with Crippen LogP contribution < -0.4 is 14.4 Å². The smallest absolute Gasteiger partial charge is 0.229 e. The third kappa shape index (κ3) is 4.49. The molecule has 0 radical (unpaired) electrons. The Balaban J connectivity index is 1.34. The van der Waals surface area contributed by atoms with Gasteiger partial charge in [-0.05, 0) is 48.4 Å². The number of ether oxygens (including phenoxy) is 2. The molecule has 2 aromatic carbocycles. The van der Waals surface area contributed by atoms with Crippen molar-refractivity contribution in [1.29, 1.82) is 0 Å². The van der Waals surface area contributed by atoms with Crippen molar-refractivity contribution in [2.75, 3.05) is 39.9 Å². The summed E-state index contributed by atoms with van der Waals surface area (Å²) in [5.41, 5.74) is 1.85. The van der Waals surface area contributed by atoms with Gasteiger partial charge in [-0.15, -0.1) is 0 Å². The molecule has 4 rings (SSSR count). The largest absolute Gasteiger partial charge is 0.496 e. The normalized spacial score (nSPS) is 19.4. The first-order valence-corrected chi connectivity index (χ1v) is 10.3. The number of amides is 1. The maximum absolute atomic E-state index is 13.6. The number of nitrogens with one attached hydrogen (secondary N) is 1. The van der Waals surface area contributed by atoms with E-state index in [-0.39, 0.29) is 17.6 Å². The first-order chi connectivity index (χ1) is 14.0. The molecule has 1 atom stereocenters. The number of hydrogen-bond donors (Lipinski definition) is 1. The fourth-order valence-corrected chi connectivity index (χ4v) is 4.35. The van der Waals surface area contributed by atoms with Gasteiger partial charge in [0, 0.05) is 5.02 Å². The van der Waals surface area contributed by atoms with Crippen LogP contribution in [0.2, 0.25) is 5.02 Å². The summed E-state index contributed by atoms with van der Waals surface area (Å²) in [6.45, 7) is 4.10. The highest BCUT2D eigenvalue weighted by molar-refractivity contribution is 6.30. The second-order valence-corrected chi connectivity index (χ2v) is 8.11. The highest BCUT2D eigenvalue weighted by Gasteiger charge is 2.32. The minimum Gasteiger partial charge on any atom is -0.496 e. The quantitative estimate of drug-likeness (QED) is 0.824. The predicted octanol–water partition coefficient (Wildman–Crippen LogP) is 1.97. The average molecular weight is 420 g/mol. The summed E-state index contributed by atoms with van der Waals surface area (Å²) in [6, 6.07) is 10.2. The number of nitrogens with zero attached hydrogens (tertiary/aromatic N) is 1. The number of quaternary nitrogens is 1. The van der Waals surface area contributed by atoms with Crippen LogP contribution >= 0.6 is 11.6 Å². The Morgan fingerprint density at radius 1 is 1.28 bits per heavy atom. The van der Waals surface area contributed by atoms with Crippen molar-refractivity contribution in [3.8, 4) is 11.5 Å². The van der Waals surface area contributed by atoms with Gasteiger partial charge >= 0.3 is 0 Å². The van der Waals surface area contributed by atoms with Gasteiger partial charge in [-0.1, -0.05) is 11.6 Å². The Hall–Kier alpha value is -2.31. The number of carbonyl (C=O) groups is 1. The van der Waals surface area contributed by atoms with Crippen LogP contribution in [0.3, 0.4) is 0 Å². The Morgan fingerprint density at radius 2 is 2.07 bits per heavy atom. The number of carbonyl (C=O) groups excluding carboxylic acids is 1. The van der Waals surface area contributed by atoms with Gasteiger partial charge < -0.3 is 19.3 Å². The highest BCUT2D eigenvalue weighted by Crippen LogP contribution is 2.30. The van der Waals surface area contributed by atoms with Crippen molar-refractivity contribution in [3.63, 3.8) is 0 Å². The van der Waals surface area contributed by atoms with Crippen molar-refractivity contribution in [3.05, 3.63) is 58.4 Å². The summed E-state index contributed by atoms with van der Waals surface area (Å²) in [5.74, 6) is 1.22. The van der Waals surface area contributed by atoms with E-state index in [1.165, 1.54) is 17.0 Å². The maximum Gasteiger partial charge on any atom is 0.229 e. The summed E-state index contributed by atoms with van der Waals surface area (Å²) < 4.78 is 24.7. The van der Waals surface area contributed by atoms with E-state index in [1.807, 2.05) is 17.0 Å². The van der Waals surface area contributed by atoms with Crippen LogP contribution in [-0.4, -0.2) is 50.7 Å². The molecule has 2 aromatic rings. The Morgan fingerprint density at radius 3 is 2.83 bits per heavy atom. The van der Waals surface area contributed by atoms with E-state index < -0.39 is 0 Å². The van der Waals surface area contributed by atoms with E-state index in [9.17, 15) is 9.18 Å². The van der Waals surface area contributed by atoms with Crippen molar-refractivity contribution >= 4 is 17.5 Å². The monoisotopic (exact) mass is 419 g/mol. The van der Waals surface area contributed by atoms with E-state index in [0.717, 1.165) is 30.0 Å². The lowest BCUT2D eigenvalue weighted by Gasteiger charge is -2.35. The minimum absolute atomic E-state index is 0.137. The molecule has 1 fully saturated rings. The van der Waals surface area contributed by atoms with Crippen LogP contribution in [0, 0.1) is 11.7 Å². The predicted molar refractivity (Wildman–Crippen MR) is 108 cm³/mol. The van der Waals surface area contributed by atoms with Crippen LogP contribution in [0.5, 0.6) is 11.5 Å². The van der Waals surface area contributed by atoms with Crippen LogP contribution in [0.1, 0.15) is 11.1 Å². The van der Waals surface area contributed by atoms with Gasteiger partial charge in [0.1, 0.15) is 30.5 Å². The summed E-state index contributed by atoms with van der Waals surface area (Å²) in [7, 11) is 1.60. The van der Waals surface area contributed by atoms with Gasteiger partial charge in [-0.3, -0.25) is 4.79 Å². The number of rotatable bonds is 4. The topological polar surface area (TPSA) is 43.2 Å². The third-order valence-electron chi connectivity index (χ3n) is 5.74. The molecule has 0 spiro atoms. The minimum atomic E-state index is -0.258. The fraction of sp³-hybridized carbons (Fsp3) is 0.409. The molecule has 2 heterocycles. The van der Waals surface area contributed by atoms with Gasteiger partial charge in [-0.25, -0.2) is 4.39 Å². The van der Waals surface area contributed by atoms with Crippen LogP contribution in [-0.2, 0) is 17.8 Å². The van der Waals surface area contributed by atoms with E-state index in [2.05, 4.69) is 0 Å². The molecule has 1 saturated heterocycles. The third-order valence-corrected chi connectivity index (χ3v) is 5.98. The molecule has 0 bridgehead atoms. The molecule has 0 aromatic heterocycles. The van der Waals surface area contributed by atoms with Gasteiger partial charge in [-0.2, -0.15) is 0 Å². The lowest BCUT2D eigenvalue weighted by atomic mass is 9.95. The number of piperazine rings is 1. The molecule has 0 saturated carbocycles. The van der Waals surface area contributed by atoms with Crippen molar-refractivity contribution < 1.29 is 23.6 Å². The molecule has 29 heavy (non-hydrogen) atoms. The Labute approximate surface area is 175 Å². The van der Waals surface area contributed by atoms with Gasteiger partial charge in [0.2, 0.25) is 5.91 Å². The Bertz CT molecular complexity index is 900. The van der Waals surface area contributed by atoms with Crippen LogP contribution in [0.25, 0.3) is 0 Å². The molecule has 154 valence electrons. The molecule has 1 N–H and O–H groups in total. The zero-order valence-electron chi connectivity index (χ0n) is 16.4. The molecular formula is C22H25ClFN2O3+. The van der Waals surface area contributed by atoms with E-state index in [4.69, 9.17) is 21.1 Å². The van der Waals surface area contributed by atoms with Crippen molar-refractivity contribution in [1.82, 2.24) is 4.90 Å². The lowest BCUT2D eigenvalue weighted by molar-refractivity contribution is -0.917. The van der Waals surface area contributed by atoms with Gasteiger partial charge in [0.25, 0.3) is 0 Å². The van der Waals surface area contributed by atoms with Crippen molar-refractivity contribution in [2.24, 2.45) is 5.92 Å². The molecule has 2 aliphatic heterocycles. The standard InChI is InChI=1S/C22H24ClFN2O3/c1-28-20-5-3-19(24)12-16(20)13-25-6-8-26(9-7-25)22(27)17-10-15-11-18(23)2-4-21(15)29-14-17/h2-5,11-12,17H,6-10,13-14H2,1H3/p+1/t17-/m1/s1. The number of fused-ring (bicyclic) bond motifs is 1. The molecule has 2 aliphatic rings. The zero-order valence-corrected chi connectivity index (χ0v) is 17.2. The van der Waals surface area contributed by atoms with Gasteiger partial charge in [0.15, 0.2) is 0 Å². The van der Waals surface area contributed by atoms with Crippen LogP contribution in [0.15, 0.2) is 36.4 Å². The maximum atomic E-state index is 13.6. The second-order valence-electron chi connectivity index (χ2n) is 7.67. The molecule has 0 aliphatic carbocycles. The number of hydrogen-bond acceptors (Lipinski definition) is 3. The molecule has 7 heteroatoms. The van der Waals surface area contributed by atoms with E-state index in [0.29, 0.717) is 43.4 Å². The molecule has 5 nitrogen and oxygen atoms in total. The van der Waals surface area contributed by atoms with Crippen molar-refractivity contribution in [2.45, 2.75) is 13.0 Å². The SMILES string of the molecule is COc1ccc(F)cc1C[NH+]1CCN(C(=O)[C@H]2COc3ccc(Cl)cc3C2)CC1. The molecule has 1 amide bonds. The number of methoxy groups -OCH3 is 1. The number of benzene rings is 2. The first-order valence-electron chi connectivity index (χ1n) is 9.89. The van der Waals surface area contributed by atoms with Gasteiger partial charge in [0.05, 0.1) is 44.8 Å². The lowest BCUT2D eigenvalue weighted by Crippen LogP contribution is -3.13. The van der Waals surface area contributed by atoms with Crippen LogP contribution in [0.4, 0.5) is 4.39 Å². The summed E-state index contributed by atoms with van der Waals surface area (Å²) >= 11 is 6.08. The molecular weight excluding hydrogens is 395 g/mol. The summed E-state index contributed by atoms with van der Waals surface area (Å²) in [4.78, 5) is 16.2. The summed E-state index contributed by atoms with van der Waals surface area (Å²) in [5, 5.41) is 0.658.